The van der Waals surface area contributed by atoms with Crippen molar-refractivity contribution < 1.29 is 4.79 Å². The van der Waals surface area contributed by atoms with Crippen molar-refractivity contribution in [1.29, 1.82) is 0 Å². The lowest BCUT2D eigenvalue weighted by Gasteiger charge is -2.33. The quantitative estimate of drug-likeness (QED) is 0.518. The maximum absolute atomic E-state index is 11.3. The molecule has 62 valence electrons. The zero-order chi connectivity index (χ0) is 7.84. The van der Waals surface area contributed by atoms with Crippen LogP contribution in [0.2, 0.25) is 0 Å². The number of hydrogen-bond donors (Lipinski definition) is 0. The van der Waals surface area contributed by atoms with Gasteiger partial charge in [-0.05, 0) is 19.4 Å². The molecule has 0 aliphatic carbocycles. The fourth-order valence-corrected chi connectivity index (χ4v) is 2.39. The van der Waals surface area contributed by atoms with Gasteiger partial charge in [-0.15, -0.1) is 0 Å². The van der Waals surface area contributed by atoms with E-state index < -0.39 is 0 Å². The average molecular weight is 153 g/mol. The molecule has 0 radical (unpaired) electrons. The standard InChI is InChI=1S/C9H15NO/c1-7-8-3-2-5-10(8)6-4-9(7)11/h7-8H,2-6H2,1H3/t7-,8+/m1/s1. The zero-order valence-corrected chi connectivity index (χ0v) is 7.05. The Bertz CT molecular complexity index is 178. The summed E-state index contributed by atoms with van der Waals surface area (Å²) in [5.74, 6) is 0.791. The fraction of sp³-hybridized carbons (Fsp3) is 0.889. The second-order valence-corrected chi connectivity index (χ2v) is 3.75. The predicted molar refractivity (Wildman–Crippen MR) is 43.4 cm³/mol. The number of nitrogens with zero attached hydrogens (tertiary/aromatic N) is 1. The third kappa shape index (κ3) is 1.09. The van der Waals surface area contributed by atoms with E-state index in [9.17, 15) is 4.79 Å². The molecule has 2 heteroatoms. The number of rotatable bonds is 0. The first-order chi connectivity index (χ1) is 5.29. The van der Waals surface area contributed by atoms with Crippen LogP contribution < -0.4 is 0 Å². The van der Waals surface area contributed by atoms with Gasteiger partial charge in [0.25, 0.3) is 0 Å². The number of carbonyl (C=O) groups is 1. The van der Waals surface area contributed by atoms with Crippen molar-refractivity contribution in [3.8, 4) is 0 Å². The summed E-state index contributed by atoms with van der Waals surface area (Å²) in [5, 5.41) is 0. The van der Waals surface area contributed by atoms with Crippen molar-refractivity contribution >= 4 is 5.78 Å². The van der Waals surface area contributed by atoms with Crippen molar-refractivity contribution in [2.24, 2.45) is 5.92 Å². The van der Waals surface area contributed by atoms with Gasteiger partial charge in [-0.1, -0.05) is 6.92 Å². The summed E-state index contributed by atoms with van der Waals surface area (Å²) < 4.78 is 0. The predicted octanol–water partition coefficient (Wildman–Crippen LogP) is 1.06. The second-order valence-electron chi connectivity index (χ2n) is 3.75. The molecule has 0 aromatic rings. The molecular weight excluding hydrogens is 138 g/mol. The molecule has 2 heterocycles. The van der Waals surface area contributed by atoms with Gasteiger partial charge in [-0.3, -0.25) is 9.69 Å². The number of piperidine rings is 1. The van der Waals surface area contributed by atoms with Crippen LogP contribution in [0.1, 0.15) is 26.2 Å². The van der Waals surface area contributed by atoms with Gasteiger partial charge in [0.2, 0.25) is 0 Å². The average Bonchev–Trinajstić information content (AvgIpc) is 2.45. The van der Waals surface area contributed by atoms with E-state index in [1.165, 1.54) is 19.4 Å². The monoisotopic (exact) mass is 153 g/mol. The van der Waals surface area contributed by atoms with Crippen LogP contribution in [0.3, 0.4) is 0 Å². The molecule has 0 aromatic heterocycles. The Kier molecular flexibility index (Phi) is 1.72. The summed E-state index contributed by atoms with van der Waals surface area (Å²) in [7, 11) is 0. The minimum absolute atomic E-state index is 0.311. The summed E-state index contributed by atoms with van der Waals surface area (Å²) in [4.78, 5) is 13.8. The second kappa shape index (κ2) is 2.59. The van der Waals surface area contributed by atoms with Crippen LogP contribution in [0.4, 0.5) is 0 Å². The lowest BCUT2D eigenvalue weighted by Crippen LogP contribution is -2.44. The molecule has 0 N–H and O–H groups in total. The molecule has 2 fully saturated rings. The van der Waals surface area contributed by atoms with Gasteiger partial charge >= 0.3 is 0 Å². The number of ketones is 1. The molecule has 0 spiro atoms. The molecule has 2 atom stereocenters. The summed E-state index contributed by atoms with van der Waals surface area (Å²) in [5.41, 5.74) is 0. The Labute approximate surface area is 67.6 Å². The lowest BCUT2D eigenvalue weighted by molar-refractivity contribution is -0.127. The Balaban J connectivity index is 2.11. The molecule has 2 rings (SSSR count). The van der Waals surface area contributed by atoms with E-state index in [1.54, 1.807) is 0 Å². The molecule has 0 amide bonds. The van der Waals surface area contributed by atoms with Crippen LogP contribution in [-0.4, -0.2) is 29.8 Å². The third-order valence-electron chi connectivity index (χ3n) is 3.14. The Morgan fingerprint density at radius 2 is 2.27 bits per heavy atom. The van der Waals surface area contributed by atoms with Crippen molar-refractivity contribution in [3.05, 3.63) is 0 Å². The van der Waals surface area contributed by atoms with Crippen molar-refractivity contribution in [2.45, 2.75) is 32.2 Å². The van der Waals surface area contributed by atoms with Gasteiger partial charge in [0.15, 0.2) is 0 Å². The Morgan fingerprint density at radius 3 is 3.09 bits per heavy atom. The fourth-order valence-electron chi connectivity index (χ4n) is 2.39. The normalized spacial score (nSPS) is 39.2. The maximum atomic E-state index is 11.3. The largest absolute Gasteiger partial charge is 0.299 e. The van der Waals surface area contributed by atoms with E-state index in [2.05, 4.69) is 11.8 Å². The zero-order valence-electron chi connectivity index (χ0n) is 7.05. The minimum atomic E-state index is 0.311. The smallest absolute Gasteiger partial charge is 0.138 e. The van der Waals surface area contributed by atoms with E-state index in [-0.39, 0.29) is 0 Å². The van der Waals surface area contributed by atoms with Gasteiger partial charge in [0, 0.05) is 24.9 Å². The molecule has 0 saturated carbocycles. The Hall–Kier alpha value is -0.370. The Morgan fingerprint density at radius 1 is 1.45 bits per heavy atom. The molecule has 2 saturated heterocycles. The number of carbonyl (C=O) groups excluding carboxylic acids is 1. The number of hydrogen-bond acceptors (Lipinski definition) is 2. The first kappa shape index (κ1) is 7.29. The van der Waals surface area contributed by atoms with E-state index in [1.807, 2.05) is 0 Å². The molecule has 0 aromatic carbocycles. The minimum Gasteiger partial charge on any atom is -0.299 e. The molecule has 2 nitrogen and oxygen atoms in total. The van der Waals surface area contributed by atoms with Gasteiger partial charge < -0.3 is 0 Å². The van der Waals surface area contributed by atoms with Crippen LogP contribution in [0.5, 0.6) is 0 Å². The van der Waals surface area contributed by atoms with E-state index in [0.29, 0.717) is 17.7 Å². The topological polar surface area (TPSA) is 20.3 Å². The van der Waals surface area contributed by atoms with Crippen LogP contribution in [0, 0.1) is 5.92 Å². The van der Waals surface area contributed by atoms with E-state index in [4.69, 9.17) is 0 Å². The molecule has 2 aliphatic rings. The van der Waals surface area contributed by atoms with Crippen molar-refractivity contribution in [3.63, 3.8) is 0 Å². The summed E-state index contributed by atoms with van der Waals surface area (Å²) in [6.45, 7) is 4.33. The van der Waals surface area contributed by atoms with Crippen LogP contribution in [-0.2, 0) is 4.79 Å². The van der Waals surface area contributed by atoms with Gasteiger partial charge in [-0.2, -0.15) is 0 Å². The van der Waals surface area contributed by atoms with Gasteiger partial charge in [-0.25, -0.2) is 0 Å². The van der Waals surface area contributed by atoms with Crippen molar-refractivity contribution in [2.75, 3.05) is 13.1 Å². The lowest BCUT2D eigenvalue weighted by atomic mass is 9.90. The van der Waals surface area contributed by atoms with Gasteiger partial charge in [0.1, 0.15) is 5.78 Å². The highest BCUT2D eigenvalue weighted by atomic mass is 16.1. The number of fused-ring (bicyclic) bond motifs is 1. The van der Waals surface area contributed by atoms with E-state index >= 15 is 0 Å². The highest BCUT2D eigenvalue weighted by Crippen LogP contribution is 2.28. The van der Waals surface area contributed by atoms with E-state index in [0.717, 1.165) is 13.0 Å². The van der Waals surface area contributed by atoms with Gasteiger partial charge in [0.05, 0.1) is 0 Å². The molecule has 0 unspecified atom stereocenters. The summed E-state index contributed by atoms with van der Waals surface area (Å²) in [6.07, 6.45) is 3.33. The SMILES string of the molecule is C[C@H]1C(=O)CCN2CCC[C@@H]12. The third-order valence-corrected chi connectivity index (χ3v) is 3.14. The van der Waals surface area contributed by atoms with Crippen molar-refractivity contribution in [1.82, 2.24) is 4.90 Å². The first-order valence-corrected chi connectivity index (χ1v) is 4.56. The number of Topliss-reactive ketones (excluding diaryl/α,β-unsaturated/α-hetero) is 1. The summed E-state index contributed by atoms with van der Waals surface area (Å²) >= 11 is 0. The molecule has 0 bridgehead atoms. The molecule has 2 aliphatic heterocycles. The van der Waals surface area contributed by atoms with Crippen LogP contribution >= 0.6 is 0 Å². The molecule has 11 heavy (non-hydrogen) atoms. The maximum Gasteiger partial charge on any atom is 0.138 e. The van der Waals surface area contributed by atoms with Crippen LogP contribution in [0.25, 0.3) is 0 Å². The van der Waals surface area contributed by atoms with Crippen LogP contribution in [0.15, 0.2) is 0 Å². The molecular formula is C9H15NO. The first-order valence-electron chi connectivity index (χ1n) is 4.56. The highest BCUT2D eigenvalue weighted by Gasteiger charge is 2.36. The summed E-state index contributed by atoms with van der Waals surface area (Å²) in [6, 6.07) is 0.594. The highest BCUT2D eigenvalue weighted by molar-refractivity contribution is 5.82.